The average molecular weight is 405 g/mol. The third-order valence-corrected chi connectivity index (χ3v) is 4.96. The SMILES string of the molecule is COCC1CN(Cc2ccc(C)s2)Cc2cncn2C1.O=C(O)C(F)(F)F. The average Bonchev–Trinajstić information content (AvgIpc) is 3.13. The number of aromatic nitrogens is 2. The molecule has 0 saturated heterocycles. The van der Waals surface area contributed by atoms with E-state index in [1.165, 1.54) is 15.4 Å². The van der Waals surface area contributed by atoms with E-state index >= 15 is 0 Å². The summed E-state index contributed by atoms with van der Waals surface area (Å²) >= 11 is 1.89. The van der Waals surface area contributed by atoms with Crippen LogP contribution >= 0.6 is 11.3 Å². The fourth-order valence-electron chi connectivity index (χ4n) is 2.89. The van der Waals surface area contributed by atoms with E-state index in [4.69, 9.17) is 14.6 Å². The van der Waals surface area contributed by atoms with Crippen molar-refractivity contribution >= 4 is 17.3 Å². The third kappa shape index (κ3) is 6.64. The van der Waals surface area contributed by atoms with Gasteiger partial charge in [-0.15, -0.1) is 11.3 Å². The van der Waals surface area contributed by atoms with Gasteiger partial charge in [-0.25, -0.2) is 9.78 Å². The normalized spacial score (nSPS) is 17.6. The van der Waals surface area contributed by atoms with Gasteiger partial charge in [0.25, 0.3) is 0 Å². The van der Waals surface area contributed by atoms with Crippen LogP contribution in [0.3, 0.4) is 0 Å². The van der Waals surface area contributed by atoms with Crippen LogP contribution in [0.2, 0.25) is 0 Å². The second kappa shape index (κ2) is 9.34. The Morgan fingerprint density at radius 3 is 2.67 bits per heavy atom. The van der Waals surface area contributed by atoms with Crippen molar-refractivity contribution in [2.24, 2.45) is 5.92 Å². The van der Waals surface area contributed by atoms with E-state index in [9.17, 15) is 13.2 Å². The number of aliphatic carboxylic acids is 1. The first-order valence-electron chi connectivity index (χ1n) is 8.24. The molecule has 1 aliphatic heterocycles. The molecule has 0 bridgehead atoms. The van der Waals surface area contributed by atoms with Gasteiger partial charge in [-0.2, -0.15) is 13.2 Å². The summed E-state index contributed by atoms with van der Waals surface area (Å²) < 4.78 is 39.4. The zero-order chi connectivity index (χ0) is 20.0. The van der Waals surface area contributed by atoms with E-state index in [-0.39, 0.29) is 0 Å². The largest absolute Gasteiger partial charge is 0.490 e. The maximum Gasteiger partial charge on any atom is 0.490 e. The van der Waals surface area contributed by atoms with Gasteiger partial charge in [-0.05, 0) is 19.1 Å². The van der Waals surface area contributed by atoms with Gasteiger partial charge >= 0.3 is 12.1 Å². The maximum absolute atomic E-state index is 10.6. The zero-order valence-electron chi connectivity index (χ0n) is 15.1. The van der Waals surface area contributed by atoms with Crippen molar-refractivity contribution in [1.82, 2.24) is 14.5 Å². The fraction of sp³-hybridized carbons (Fsp3) is 0.529. The highest BCUT2D eigenvalue weighted by molar-refractivity contribution is 7.11. The van der Waals surface area contributed by atoms with E-state index in [0.29, 0.717) is 5.92 Å². The molecule has 0 spiro atoms. The first kappa shape index (κ1) is 21.4. The molecule has 10 heteroatoms. The van der Waals surface area contributed by atoms with Gasteiger partial charge in [0.1, 0.15) is 0 Å². The number of aryl methyl sites for hydroxylation is 1. The Bertz CT molecular complexity index is 745. The molecule has 3 heterocycles. The summed E-state index contributed by atoms with van der Waals surface area (Å²) in [5, 5.41) is 7.12. The molecule has 1 atom stereocenters. The molecule has 0 fully saturated rings. The van der Waals surface area contributed by atoms with Crippen LogP contribution in [-0.4, -0.2) is 52.0 Å². The quantitative estimate of drug-likeness (QED) is 0.846. The summed E-state index contributed by atoms with van der Waals surface area (Å²) in [5.41, 5.74) is 1.30. The van der Waals surface area contributed by atoms with E-state index < -0.39 is 12.1 Å². The summed E-state index contributed by atoms with van der Waals surface area (Å²) in [6, 6.07) is 4.45. The lowest BCUT2D eigenvalue weighted by Crippen LogP contribution is -2.29. The monoisotopic (exact) mass is 405 g/mol. The summed E-state index contributed by atoms with van der Waals surface area (Å²) in [4.78, 5) is 18.5. The Hall–Kier alpha value is -1.91. The number of carboxylic acid groups (broad SMARTS) is 1. The number of rotatable bonds is 4. The number of imidazole rings is 1. The number of ether oxygens (including phenoxy) is 1. The maximum atomic E-state index is 10.6. The number of thiophene rings is 1. The van der Waals surface area contributed by atoms with Crippen molar-refractivity contribution in [3.05, 3.63) is 40.1 Å². The lowest BCUT2D eigenvalue weighted by molar-refractivity contribution is -0.192. The molecule has 2 aromatic rings. The Balaban J connectivity index is 0.000000321. The number of hydrogen-bond acceptors (Lipinski definition) is 5. The summed E-state index contributed by atoms with van der Waals surface area (Å²) in [7, 11) is 1.78. The predicted molar refractivity (Wildman–Crippen MR) is 94.5 cm³/mol. The number of halogens is 3. The first-order valence-corrected chi connectivity index (χ1v) is 9.06. The Labute approximate surface area is 159 Å². The molecular weight excluding hydrogens is 383 g/mol. The Kier molecular flexibility index (Phi) is 7.40. The van der Waals surface area contributed by atoms with Crippen LogP contribution in [0.5, 0.6) is 0 Å². The molecule has 1 N–H and O–H groups in total. The minimum Gasteiger partial charge on any atom is -0.475 e. The number of methoxy groups -OCH3 is 1. The molecule has 6 nitrogen and oxygen atoms in total. The van der Waals surface area contributed by atoms with Crippen molar-refractivity contribution in [2.75, 3.05) is 20.3 Å². The van der Waals surface area contributed by atoms with Crippen molar-refractivity contribution in [3.63, 3.8) is 0 Å². The van der Waals surface area contributed by atoms with Crippen LogP contribution in [0.1, 0.15) is 15.4 Å². The van der Waals surface area contributed by atoms with Gasteiger partial charge in [0, 0.05) is 55.2 Å². The fourth-order valence-corrected chi connectivity index (χ4v) is 3.82. The van der Waals surface area contributed by atoms with Crippen molar-refractivity contribution < 1.29 is 27.8 Å². The second-order valence-corrected chi connectivity index (χ2v) is 7.72. The summed E-state index contributed by atoms with van der Waals surface area (Å²) in [6.07, 6.45) is -1.15. The van der Waals surface area contributed by atoms with E-state index in [0.717, 1.165) is 32.8 Å². The lowest BCUT2D eigenvalue weighted by Gasteiger charge is -2.22. The van der Waals surface area contributed by atoms with Gasteiger partial charge in [0.05, 0.1) is 18.6 Å². The molecule has 0 aromatic carbocycles. The van der Waals surface area contributed by atoms with Gasteiger partial charge < -0.3 is 14.4 Å². The van der Waals surface area contributed by atoms with E-state index in [1.54, 1.807) is 7.11 Å². The van der Waals surface area contributed by atoms with Crippen LogP contribution in [0.25, 0.3) is 0 Å². The van der Waals surface area contributed by atoms with Crippen molar-refractivity contribution in [2.45, 2.75) is 32.7 Å². The van der Waals surface area contributed by atoms with E-state index in [1.807, 2.05) is 23.9 Å². The molecule has 27 heavy (non-hydrogen) atoms. The van der Waals surface area contributed by atoms with Crippen molar-refractivity contribution in [3.8, 4) is 0 Å². The molecule has 1 aliphatic rings. The van der Waals surface area contributed by atoms with Crippen LogP contribution < -0.4 is 0 Å². The first-order chi connectivity index (χ1) is 12.7. The molecule has 1 unspecified atom stereocenters. The van der Waals surface area contributed by atoms with Gasteiger partial charge in [-0.3, -0.25) is 4.90 Å². The number of carbonyl (C=O) groups is 1. The Morgan fingerprint density at radius 2 is 2.11 bits per heavy atom. The van der Waals surface area contributed by atoms with Gasteiger partial charge in [-0.1, -0.05) is 0 Å². The van der Waals surface area contributed by atoms with Crippen LogP contribution in [0.4, 0.5) is 13.2 Å². The number of carboxylic acids is 1. The summed E-state index contributed by atoms with van der Waals surface area (Å²) in [5.74, 6) is -2.23. The highest BCUT2D eigenvalue weighted by Crippen LogP contribution is 2.22. The third-order valence-electron chi connectivity index (χ3n) is 3.98. The molecule has 0 saturated carbocycles. The second-order valence-electron chi connectivity index (χ2n) is 6.34. The highest BCUT2D eigenvalue weighted by Gasteiger charge is 2.38. The number of alkyl halides is 3. The van der Waals surface area contributed by atoms with Crippen LogP contribution in [-0.2, 0) is 29.2 Å². The van der Waals surface area contributed by atoms with Crippen molar-refractivity contribution in [1.29, 1.82) is 0 Å². The van der Waals surface area contributed by atoms with Crippen LogP contribution in [0.15, 0.2) is 24.7 Å². The Morgan fingerprint density at radius 1 is 1.41 bits per heavy atom. The molecule has 0 radical (unpaired) electrons. The zero-order valence-corrected chi connectivity index (χ0v) is 15.9. The number of fused-ring (bicyclic) bond motifs is 1. The minimum atomic E-state index is -5.08. The van der Waals surface area contributed by atoms with Crippen LogP contribution in [0, 0.1) is 12.8 Å². The molecule has 0 aliphatic carbocycles. The molecule has 0 amide bonds. The minimum absolute atomic E-state index is 0.525. The smallest absolute Gasteiger partial charge is 0.475 e. The van der Waals surface area contributed by atoms with E-state index in [2.05, 4.69) is 33.5 Å². The molecule has 3 rings (SSSR count). The van der Waals surface area contributed by atoms with Gasteiger partial charge in [0.15, 0.2) is 0 Å². The predicted octanol–water partition coefficient (Wildman–Crippen LogP) is 3.16. The van der Waals surface area contributed by atoms with Gasteiger partial charge in [0.2, 0.25) is 0 Å². The molecule has 150 valence electrons. The standard InChI is InChI=1S/C15H21N3OS.C2HF3O2/c1-12-3-4-15(20-12)9-17-6-13(10-19-2)7-18-11-16-5-14(18)8-17;3-2(4,5)1(6)7/h3-5,11,13H,6-10H2,1-2H3;(H,6,7). The number of hydrogen-bond donors (Lipinski definition) is 1. The number of nitrogens with zero attached hydrogens (tertiary/aromatic N) is 3. The molecular formula is C17H22F3N3O3S. The molecule has 2 aromatic heterocycles. The summed E-state index contributed by atoms with van der Waals surface area (Å²) in [6.45, 7) is 7.04. The highest BCUT2D eigenvalue weighted by atomic mass is 32.1. The lowest BCUT2D eigenvalue weighted by atomic mass is 10.1. The topological polar surface area (TPSA) is 67.6 Å².